The maximum Gasteiger partial charge on any atom is 0.315 e. The highest BCUT2D eigenvalue weighted by Crippen LogP contribution is 2.17. The lowest BCUT2D eigenvalue weighted by molar-refractivity contribution is 0.240. The van der Waals surface area contributed by atoms with Gasteiger partial charge in [-0.3, -0.25) is 0 Å². The number of urea groups is 1. The lowest BCUT2D eigenvalue weighted by Crippen LogP contribution is -2.36. The highest BCUT2D eigenvalue weighted by atomic mass is 16.5. The van der Waals surface area contributed by atoms with E-state index in [1.807, 2.05) is 60.8 Å². The molecule has 1 heterocycles. The number of para-hydroxylation sites is 2. The molecule has 2 amide bonds. The van der Waals surface area contributed by atoms with E-state index in [4.69, 9.17) is 4.74 Å². The normalized spacial score (nSPS) is 10.3. The average molecular weight is 350 g/mol. The second-order valence-electron chi connectivity index (χ2n) is 5.80. The van der Waals surface area contributed by atoms with Gasteiger partial charge in [0.25, 0.3) is 0 Å². The van der Waals surface area contributed by atoms with Crippen molar-refractivity contribution in [3.8, 4) is 11.4 Å². The zero-order valence-corrected chi connectivity index (χ0v) is 14.7. The number of carbonyl (C=O) groups excluding carboxylic acids is 1. The Morgan fingerprint density at radius 2 is 1.85 bits per heavy atom. The molecule has 6 nitrogen and oxygen atoms in total. The number of nitrogens with zero attached hydrogens (tertiary/aromatic N) is 2. The molecule has 0 radical (unpaired) electrons. The Morgan fingerprint density at radius 3 is 2.65 bits per heavy atom. The zero-order valence-electron chi connectivity index (χ0n) is 14.7. The van der Waals surface area contributed by atoms with Gasteiger partial charge in [0, 0.05) is 24.8 Å². The first-order valence-corrected chi connectivity index (χ1v) is 8.49. The molecule has 0 saturated carbocycles. The van der Waals surface area contributed by atoms with E-state index in [-0.39, 0.29) is 6.03 Å². The van der Waals surface area contributed by atoms with Crippen LogP contribution in [0.25, 0.3) is 5.69 Å². The molecule has 26 heavy (non-hydrogen) atoms. The van der Waals surface area contributed by atoms with Crippen LogP contribution in [-0.4, -0.2) is 29.5 Å². The SMILES string of the molecule is COc1ccccc1CCNC(=O)NCc1cnn(-c2ccccc2)c1. The van der Waals surface area contributed by atoms with Crippen LogP contribution in [0, 0.1) is 0 Å². The van der Waals surface area contributed by atoms with Crippen LogP contribution >= 0.6 is 0 Å². The van der Waals surface area contributed by atoms with E-state index in [0.29, 0.717) is 19.5 Å². The molecule has 0 aliphatic heterocycles. The van der Waals surface area contributed by atoms with Gasteiger partial charge in [0.05, 0.1) is 19.0 Å². The van der Waals surface area contributed by atoms with Gasteiger partial charge in [-0.1, -0.05) is 36.4 Å². The second-order valence-corrected chi connectivity index (χ2v) is 5.80. The molecule has 0 aliphatic carbocycles. The second kappa shape index (κ2) is 8.71. The van der Waals surface area contributed by atoms with Crippen LogP contribution < -0.4 is 15.4 Å². The van der Waals surface area contributed by atoms with Crippen molar-refractivity contribution in [3.05, 3.63) is 78.1 Å². The van der Waals surface area contributed by atoms with Gasteiger partial charge in [-0.2, -0.15) is 5.10 Å². The molecule has 6 heteroatoms. The number of benzene rings is 2. The molecule has 2 N–H and O–H groups in total. The van der Waals surface area contributed by atoms with Crippen LogP contribution in [-0.2, 0) is 13.0 Å². The number of hydrogen-bond acceptors (Lipinski definition) is 3. The number of hydrogen-bond donors (Lipinski definition) is 2. The van der Waals surface area contributed by atoms with Gasteiger partial charge in [-0.15, -0.1) is 0 Å². The van der Waals surface area contributed by atoms with Crippen molar-refractivity contribution in [1.29, 1.82) is 0 Å². The third kappa shape index (κ3) is 4.63. The average Bonchev–Trinajstić information content (AvgIpc) is 3.16. The van der Waals surface area contributed by atoms with Crippen molar-refractivity contribution in [2.45, 2.75) is 13.0 Å². The van der Waals surface area contributed by atoms with Crippen LogP contribution in [0.3, 0.4) is 0 Å². The van der Waals surface area contributed by atoms with Gasteiger partial charge < -0.3 is 15.4 Å². The van der Waals surface area contributed by atoms with Gasteiger partial charge in [0.2, 0.25) is 0 Å². The predicted molar refractivity (Wildman–Crippen MR) is 101 cm³/mol. The zero-order chi connectivity index (χ0) is 18.2. The fraction of sp³-hybridized carbons (Fsp3) is 0.200. The summed E-state index contributed by atoms with van der Waals surface area (Å²) in [5.41, 5.74) is 2.99. The van der Waals surface area contributed by atoms with E-state index in [0.717, 1.165) is 22.6 Å². The number of rotatable bonds is 7. The molecular formula is C20H22N4O2. The highest BCUT2D eigenvalue weighted by Gasteiger charge is 2.05. The summed E-state index contributed by atoms with van der Waals surface area (Å²) in [7, 11) is 1.65. The van der Waals surface area contributed by atoms with Gasteiger partial charge in [-0.25, -0.2) is 9.48 Å². The van der Waals surface area contributed by atoms with E-state index in [9.17, 15) is 4.79 Å². The molecule has 0 bridgehead atoms. The first-order valence-electron chi connectivity index (χ1n) is 8.49. The van der Waals surface area contributed by atoms with Crippen molar-refractivity contribution in [2.75, 3.05) is 13.7 Å². The molecule has 3 aromatic rings. The summed E-state index contributed by atoms with van der Waals surface area (Å²) in [6.45, 7) is 0.961. The van der Waals surface area contributed by atoms with Gasteiger partial charge in [-0.05, 0) is 30.2 Å². The fourth-order valence-corrected chi connectivity index (χ4v) is 2.64. The summed E-state index contributed by atoms with van der Waals surface area (Å²) in [4.78, 5) is 12.0. The fourth-order valence-electron chi connectivity index (χ4n) is 2.64. The molecule has 0 unspecified atom stereocenters. The quantitative estimate of drug-likeness (QED) is 0.688. The molecule has 0 saturated heterocycles. The first-order chi connectivity index (χ1) is 12.8. The van der Waals surface area contributed by atoms with E-state index in [2.05, 4.69) is 15.7 Å². The predicted octanol–water partition coefficient (Wildman–Crippen LogP) is 2.92. The van der Waals surface area contributed by atoms with Crippen molar-refractivity contribution < 1.29 is 9.53 Å². The maximum atomic E-state index is 12.0. The standard InChI is InChI=1S/C20H22N4O2/c1-26-19-10-6-5-7-17(19)11-12-21-20(25)22-13-16-14-23-24(15-16)18-8-3-2-4-9-18/h2-10,14-15H,11-13H2,1H3,(H2,21,22,25). The third-order valence-electron chi connectivity index (χ3n) is 3.98. The summed E-state index contributed by atoms with van der Waals surface area (Å²) in [6, 6.07) is 17.5. The van der Waals surface area contributed by atoms with Crippen molar-refractivity contribution in [3.63, 3.8) is 0 Å². The Hall–Kier alpha value is -3.28. The molecule has 0 aliphatic rings. The summed E-state index contributed by atoms with van der Waals surface area (Å²) >= 11 is 0. The summed E-state index contributed by atoms with van der Waals surface area (Å²) in [5, 5.41) is 10.0. The number of carbonyl (C=O) groups is 1. The molecule has 134 valence electrons. The number of aromatic nitrogens is 2. The van der Waals surface area contributed by atoms with Crippen molar-refractivity contribution in [2.24, 2.45) is 0 Å². The molecule has 0 atom stereocenters. The van der Waals surface area contributed by atoms with Crippen LogP contribution in [0.15, 0.2) is 67.0 Å². The minimum Gasteiger partial charge on any atom is -0.496 e. The maximum absolute atomic E-state index is 12.0. The van der Waals surface area contributed by atoms with E-state index in [1.165, 1.54) is 0 Å². The summed E-state index contributed by atoms with van der Waals surface area (Å²) in [6.07, 6.45) is 4.37. The van der Waals surface area contributed by atoms with E-state index < -0.39 is 0 Å². The lowest BCUT2D eigenvalue weighted by Gasteiger charge is -2.09. The largest absolute Gasteiger partial charge is 0.496 e. The van der Waals surface area contributed by atoms with Gasteiger partial charge in [0.1, 0.15) is 5.75 Å². The lowest BCUT2D eigenvalue weighted by atomic mass is 10.1. The Kier molecular flexibility index (Phi) is 5.88. The van der Waals surface area contributed by atoms with E-state index in [1.54, 1.807) is 18.0 Å². The number of methoxy groups -OCH3 is 1. The smallest absolute Gasteiger partial charge is 0.315 e. The summed E-state index contributed by atoms with van der Waals surface area (Å²) < 4.78 is 7.10. The van der Waals surface area contributed by atoms with Gasteiger partial charge in [0.15, 0.2) is 0 Å². The number of nitrogens with one attached hydrogen (secondary N) is 2. The van der Waals surface area contributed by atoms with Gasteiger partial charge >= 0.3 is 6.03 Å². The monoisotopic (exact) mass is 350 g/mol. The molecule has 0 spiro atoms. The van der Waals surface area contributed by atoms with E-state index >= 15 is 0 Å². The Bertz CT molecular complexity index is 846. The van der Waals surface area contributed by atoms with Crippen LogP contribution in [0.5, 0.6) is 5.75 Å². The molecule has 0 fully saturated rings. The Labute approximate surface area is 152 Å². The summed E-state index contributed by atoms with van der Waals surface area (Å²) in [5.74, 6) is 0.836. The van der Waals surface area contributed by atoms with Crippen LogP contribution in [0.1, 0.15) is 11.1 Å². The third-order valence-corrected chi connectivity index (χ3v) is 3.98. The molecule has 2 aromatic carbocycles. The molecule has 1 aromatic heterocycles. The molecule has 3 rings (SSSR count). The minimum atomic E-state index is -0.202. The Morgan fingerprint density at radius 1 is 1.08 bits per heavy atom. The van der Waals surface area contributed by atoms with Crippen LogP contribution in [0.4, 0.5) is 4.79 Å². The highest BCUT2D eigenvalue weighted by molar-refractivity contribution is 5.73. The minimum absolute atomic E-state index is 0.202. The number of amides is 2. The molecular weight excluding hydrogens is 328 g/mol. The van der Waals surface area contributed by atoms with Crippen molar-refractivity contribution in [1.82, 2.24) is 20.4 Å². The topological polar surface area (TPSA) is 68.2 Å². The van der Waals surface area contributed by atoms with Crippen molar-refractivity contribution >= 4 is 6.03 Å². The first kappa shape index (κ1) is 17.5. The number of ether oxygens (including phenoxy) is 1. The Balaban J connectivity index is 1.44. The van der Waals surface area contributed by atoms with Crippen LogP contribution in [0.2, 0.25) is 0 Å².